The van der Waals surface area contributed by atoms with Gasteiger partial charge in [-0.3, -0.25) is 4.79 Å². The summed E-state index contributed by atoms with van der Waals surface area (Å²) in [4.78, 5) is 16.1. The fraction of sp³-hybridized carbons (Fsp3) is 0.385. The molecule has 0 bridgehead atoms. The van der Waals surface area contributed by atoms with E-state index in [0.717, 1.165) is 15.8 Å². The second-order valence-electron chi connectivity index (χ2n) is 4.16. The first-order valence-corrected chi connectivity index (χ1v) is 6.88. The maximum atomic E-state index is 11.7. The minimum Gasteiger partial charge on any atom is -0.383 e. The summed E-state index contributed by atoms with van der Waals surface area (Å²) in [6.45, 7) is 3.52. The van der Waals surface area contributed by atoms with Crippen LogP contribution in [0.4, 0.5) is 5.13 Å². The van der Waals surface area contributed by atoms with Crippen molar-refractivity contribution in [1.82, 2.24) is 10.3 Å². The van der Waals surface area contributed by atoms with Crippen molar-refractivity contribution in [2.45, 2.75) is 6.92 Å². The molecule has 1 amide bonds. The minimum absolute atomic E-state index is 0. The topological polar surface area (TPSA) is 63.2 Å². The third-order valence-electron chi connectivity index (χ3n) is 2.64. The largest absolute Gasteiger partial charge is 0.383 e. The SMILES string of the molecule is COCCNCC(=O)Nc1nc2c(C)cccc2s1.Cl. The minimum atomic E-state index is -0.0900. The zero-order chi connectivity index (χ0) is 13.7. The van der Waals surface area contributed by atoms with Crippen molar-refractivity contribution < 1.29 is 9.53 Å². The molecule has 0 aliphatic heterocycles. The average Bonchev–Trinajstić information content (AvgIpc) is 2.79. The quantitative estimate of drug-likeness (QED) is 0.802. The molecule has 110 valence electrons. The summed E-state index contributed by atoms with van der Waals surface area (Å²) in [5.74, 6) is -0.0900. The van der Waals surface area contributed by atoms with E-state index in [4.69, 9.17) is 4.74 Å². The van der Waals surface area contributed by atoms with Gasteiger partial charge in [0.25, 0.3) is 0 Å². The number of halogens is 1. The van der Waals surface area contributed by atoms with Crippen molar-refractivity contribution in [3.63, 3.8) is 0 Å². The van der Waals surface area contributed by atoms with Crippen LogP contribution in [0.1, 0.15) is 5.56 Å². The Morgan fingerprint density at radius 2 is 2.25 bits per heavy atom. The van der Waals surface area contributed by atoms with Crippen LogP contribution in [0.2, 0.25) is 0 Å². The summed E-state index contributed by atoms with van der Waals surface area (Å²) in [6.07, 6.45) is 0. The van der Waals surface area contributed by atoms with Crippen LogP contribution in [0.5, 0.6) is 0 Å². The van der Waals surface area contributed by atoms with Crippen molar-refractivity contribution >= 4 is 45.0 Å². The van der Waals surface area contributed by atoms with Gasteiger partial charge in [-0.1, -0.05) is 23.5 Å². The molecule has 0 atom stereocenters. The summed E-state index contributed by atoms with van der Waals surface area (Å²) in [7, 11) is 1.63. The van der Waals surface area contributed by atoms with Gasteiger partial charge in [0.05, 0.1) is 23.4 Å². The van der Waals surface area contributed by atoms with Crippen LogP contribution in [0.3, 0.4) is 0 Å². The Morgan fingerprint density at radius 1 is 1.45 bits per heavy atom. The number of aromatic nitrogens is 1. The number of hydrogen-bond acceptors (Lipinski definition) is 5. The first-order chi connectivity index (χ1) is 9.20. The van der Waals surface area contributed by atoms with Gasteiger partial charge in [0.2, 0.25) is 5.91 Å². The molecule has 2 aromatic rings. The van der Waals surface area contributed by atoms with Crippen LogP contribution >= 0.6 is 23.7 Å². The summed E-state index contributed by atoms with van der Waals surface area (Å²) in [5.41, 5.74) is 2.07. The molecular formula is C13H18ClN3O2S. The lowest BCUT2D eigenvalue weighted by Gasteiger charge is -2.03. The molecule has 2 rings (SSSR count). The summed E-state index contributed by atoms with van der Waals surface area (Å²) < 4.78 is 5.98. The Hall–Kier alpha value is -1.21. The van der Waals surface area contributed by atoms with Gasteiger partial charge in [0, 0.05) is 13.7 Å². The van der Waals surface area contributed by atoms with E-state index in [2.05, 4.69) is 15.6 Å². The molecule has 0 unspecified atom stereocenters. The number of aryl methyl sites for hydroxylation is 1. The number of anilines is 1. The fourth-order valence-corrected chi connectivity index (χ4v) is 2.64. The monoisotopic (exact) mass is 315 g/mol. The number of methoxy groups -OCH3 is 1. The van der Waals surface area contributed by atoms with Crippen LogP contribution in [0, 0.1) is 6.92 Å². The number of para-hydroxylation sites is 1. The molecule has 5 nitrogen and oxygen atoms in total. The molecule has 1 heterocycles. The maximum Gasteiger partial charge on any atom is 0.240 e. The van der Waals surface area contributed by atoms with E-state index in [0.29, 0.717) is 18.3 Å². The third kappa shape index (κ3) is 4.42. The van der Waals surface area contributed by atoms with Crippen LogP contribution < -0.4 is 10.6 Å². The molecule has 1 aromatic heterocycles. The highest BCUT2D eigenvalue weighted by Crippen LogP contribution is 2.27. The second kappa shape index (κ2) is 8.16. The Kier molecular flexibility index (Phi) is 6.87. The van der Waals surface area contributed by atoms with Gasteiger partial charge in [-0.2, -0.15) is 0 Å². The lowest BCUT2D eigenvalue weighted by Crippen LogP contribution is -2.30. The molecule has 0 saturated carbocycles. The second-order valence-corrected chi connectivity index (χ2v) is 5.19. The van der Waals surface area contributed by atoms with E-state index in [1.807, 2.05) is 25.1 Å². The lowest BCUT2D eigenvalue weighted by atomic mass is 10.2. The molecule has 1 aromatic carbocycles. The highest BCUT2D eigenvalue weighted by molar-refractivity contribution is 7.22. The number of rotatable bonds is 6. The zero-order valence-corrected chi connectivity index (χ0v) is 13.1. The molecule has 0 radical (unpaired) electrons. The summed E-state index contributed by atoms with van der Waals surface area (Å²) in [5, 5.41) is 6.43. The van der Waals surface area contributed by atoms with Crippen molar-refractivity contribution in [3.8, 4) is 0 Å². The maximum absolute atomic E-state index is 11.7. The smallest absolute Gasteiger partial charge is 0.240 e. The first kappa shape index (κ1) is 16.8. The predicted octanol–water partition coefficient (Wildman–Crippen LogP) is 2.20. The molecule has 0 aliphatic carbocycles. The Bertz CT molecular complexity index is 574. The lowest BCUT2D eigenvalue weighted by molar-refractivity contribution is -0.115. The molecule has 0 spiro atoms. The number of nitrogens with zero attached hydrogens (tertiary/aromatic N) is 1. The van der Waals surface area contributed by atoms with Crippen molar-refractivity contribution in [3.05, 3.63) is 23.8 Å². The van der Waals surface area contributed by atoms with E-state index in [1.54, 1.807) is 7.11 Å². The highest BCUT2D eigenvalue weighted by Gasteiger charge is 2.08. The van der Waals surface area contributed by atoms with Crippen LogP contribution in [0.25, 0.3) is 10.2 Å². The van der Waals surface area contributed by atoms with Crippen molar-refractivity contribution in [2.75, 3.05) is 32.1 Å². The van der Waals surface area contributed by atoms with E-state index >= 15 is 0 Å². The molecule has 20 heavy (non-hydrogen) atoms. The predicted molar refractivity (Wildman–Crippen MR) is 85.0 cm³/mol. The van der Waals surface area contributed by atoms with Gasteiger partial charge in [-0.25, -0.2) is 4.98 Å². The van der Waals surface area contributed by atoms with E-state index in [1.165, 1.54) is 11.3 Å². The van der Waals surface area contributed by atoms with Gasteiger partial charge < -0.3 is 15.4 Å². The van der Waals surface area contributed by atoms with E-state index < -0.39 is 0 Å². The van der Waals surface area contributed by atoms with Crippen LogP contribution in [0.15, 0.2) is 18.2 Å². The molecule has 0 aliphatic rings. The number of carbonyl (C=O) groups is 1. The number of hydrogen-bond donors (Lipinski definition) is 2. The standard InChI is InChI=1S/C13H17N3O2S.ClH/c1-9-4-3-5-10-12(9)16-13(19-10)15-11(17)8-14-6-7-18-2;/h3-5,14H,6-8H2,1-2H3,(H,15,16,17);1H. The summed E-state index contributed by atoms with van der Waals surface area (Å²) >= 11 is 1.49. The molecule has 0 saturated heterocycles. The number of ether oxygens (including phenoxy) is 1. The number of benzene rings is 1. The van der Waals surface area contributed by atoms with E-state index in [-0.39, 0.29) is 24.9 Å². The Morgan fingerprint density at radius 3 is 2.95 bits per heavy atom. The normalized spacial score (nSPS) is 10.3. The van der Waals surface area contributed by atoms with Crippen molar-refractivity contribution in [2.24, 2.45) is 0 Å². The molecular weight excluding hydrogens is 298 g/mol. The number of amides is 1. The summed E-state index contributed by atoms with van der Waals surface area (Å²) in [6, 6.07) is 6.01. The van der Waals surface area contributed by atoms with Gasteiger partial charge in [0.15, 0.2) is 5.13 Å². The number of thiazole rings is 1. The Labute approximate surface area is 128 Å². The first-order valence-electron chi connectivity index (χ1n) is 6.06. The molecule has 0 fully saturated rings. The Balaban J connectivity index is 0.00000200. The number of fused-ring (bicyclic) bond motifs is 1. The number of carbonyl (C=O) groups excluding carboxylic acids is 1. The van der Waals surface area contributed by atoms with E-state index in [9.17, 15) is 4.79 Å². The molecule has 7 heteroatoms. The third-order valence-corrected chi connectivity index (χ3v) is 3.57. The van der Waals surface area contributed by atoms with Crippen LogP contribution in [-0.2, 0) is 9.53 Å². The number of nitrogens with one attached hydrogen (secondary N) is 2. The van der Waals surface area contributed by atoms with Crippen molar-refractivity contribution in [1.29, 1.82) is 0 Å². The zero-order valence-electron chi connectivity index (χ0n) is 11.4. The average molecular weight is 316 g/mol. The van der Waals surface area contributed by atoms with Gasteiger partial charge in [0.1, 0.15) is 0 Å². The fourth-order valence-electron chi connectivity index (χ4n) is 1.68. The molecule has 2 N–H and O–H groups in total. The van der Waals surface area contributed by atoms with Gasteiger partial charge >= 0.3 is 0 Å². The van der Waals surface area contributed by atoms with Gasteiger partial charge in [-0.15, -0.1) is 12.4 Å². The van der Waals surface area contributed by atoms with Crippen LogP contribution in [-0.4, -0.2) is 37.7 Å². The van der Waals surface area contributed by atoms with Gasteiger partial charge in [-0.05, 0) is 18.6 Å². The highest BCUT2D eigenvalue weighted by atomic mass is 35.5.